The van der Waals surface area contributed by atoms with Gasteiger partial charge in [-0.3, -0.25) is 0 Å². The quantitative estimate of drug-likeness (QED) is 0.816. The van der Waals surface area contributed by atoms with E-state index >= 15 is 0 Å². The van der Waals surface area contributed by atoms with Crippen molar-refractivity contribution in [1.82, 2.24) is 9.97 Å². The predicted molar refractivity (Wildman–Crippen MR) is 77.9 cm³/mol. The lowest BCUT2D eigenvalue weighted by Crippen LogP contribution is -2.34. The topological polar surface area (TPSA) is 49.2 Å². The van der Waals surface area contributed by atoms with Crippen molar-refractivity contribution in [3.63, 3.8) is 0 Å². The smallest absolute Gasteiger partial charge is 0.137 e. The first-order valence-electron chi connectivity index (χ1n) is 6.96. The number of aromatic nitrogens is 2. The molecule has 19 heavy (non-hydrogen) atoms. The van der Waals surface area contributed by atoms with Crippen molar-refractivity contribution in [2.45, 2.75) is 52.0 Å². The Labute approximate surface area is 119 Å². The Balaban J connectivity index is 2.33. The SMILES string of the molecule is Cc1c(Cl)nc(C2CC2)nc1N(CCCO)C(C)C. The van der Waals surface area contributed by atoms with Crippen LogP contribution in [0.1, 0.15) is 50.4 Å². The summed E-state index contributed by atoms with van der Waals surface area (Å²) in [7, 11) is 0. The van der Waals surface area contributed by atoms with Gasteiger partial charge < -0.3 is 10.0 Å². The molecule has 0 aliphatic heterocycles. The van der Waals surface area contributed by atoms with Gasteiger partial charge in [0.1, 0.15) is 16.8 Å². The molecule has 0 radical (unpaired) electrons. The minimum absolute atomic E-state index is 0.191. The lowest BCUT2D eigenvalue weighted by Gasteiger charge is -2.29. The number of halogens is 1. The number of aliphatic hydroxyl groups excluding tert-OH is 1. The zero-order chi connectivity index (χ0) is 14.0. The maximum Gasteiger partial charge on any atom is 0.137 e. The molecule has 5 heteroatoms. The molecule has 0 spiro atoms. The zero-order valence-corrected chi connectivity index (χ0v) is 12.6. The molecule has 1 aromatic rings. The molecule has 1 N–H and O–H groups in total. The molecule has 1 aromatic heterocycles. The maximum atomic E-state index is 9.04. The van der Waals surface area contributed by atoms with Crippen molar-refractivity contribution in [3.05, 3.63) is 16.5 Å². The first-order valence-corrected chi connectivity index (χ1v) is 7.34. The Morgan fingerprint density at radius 2 is 2.05 bits per heavy atom. The van der Waals surface area contributed by atoms with E-state index in [9.17, 15) is 0 Å². The van der Waals surface area contributed by atoms with Gasteiger partial charge in [0.25, 0.3) is 0 Å². The monoisotopic (exact) mass is 283 g/mol. The first kappa shape index (κ1) is 14.5. The van der Waals surface area contributed by atoms with E-state index in [-0.39, 0.29) is 6.61 Å². The summed E-state index contributed by atoms with van der Waals surface area (Å²) in [6.45, 7) is 7.19. The summed E-state index contributed by atoms with van der Waals surface area (Å²) >= 11 is 6.25. The summed E-state index contributed by atoms with van der Waals surface area (Å²) in [4.78, 5) is 11.3. The Bertz CT molecular complexity index is 447. The van der Waals surface area contributed by atoms with Gasteiger partial charge in [0.05, 0.1) is 0 Å². The van der Waals surface area contributed by atoms with Crippen LogP contribution in [-0.4, -0.2) is 34.3 Å². The van der Waals surface area contributed by atoms with Crippen molar-refractivity contribution in [2.24, 2.45) is 0 Å². The van der Waals surface area contributed by atoms with Crippen LogP contribution in [0.15, 0.2) is 0 Å². The molecular formula is C14H22ClN3O. The molecule has 4 nitrogen and oxygen atoms in total. The molecule has 0 bridgehead atoms. The van der Waals surface area contributed by atoms with E-state index in [1.807, 2.05) is 6.92 Å². The van der Waals surface area contributed by atoms with Gasteiger partial charge in [-0.2, -0.15) is 0 Å². The second-order valence-corrected chi connectivity index (χ2v) is 5.82. The van der Waals surface area contributed by atoms with Crippen molar-refractivity contribution in [1.29, 1.82) is 0 Å². The average molecular weight is 284 g/mol. The fourth-order valence-corrected chi connectivity index (χ4v) is 2.32. The van der Waals surface area contributed by atoms with E-state index in [0.29, 0.717) is 17.1 Å². The Morgan fingerprint density at radius 1 is 1.37 bits per heavy atom. The number of anilines is 1. The van der Waals surface area contributed by atoms with Crippen molar-refractivity contribution < 1.29 is 5.11 Å². The van der Waals surface area contributed by atoms with Gasteiger partial charge in [0, 0.05) is 30.7 Å². The van der Waals surface area contributed by atoms with E-state index < -0.39 is 0 Å². The fourth-order valence-electron chi connectivity index (χ4n) is 2.15. The van der Waals surface area contributed by atoms with Crippen molar-refractivity contribution in [3.8, 4) is 0 Å². The molecule has 1 heterocycles. The van der Waals surface area contributed by atoms with E-state index in [1.54, 1.807) is 0 Å². The molecule has 1 aliphatic carbocycles. The van der Waals surface area contributed by atoms with Crippen LogP contribution in [0.2, 0.25) is 5.15 Å². The average Bonchev–Trinajstić information content (AvgIpc) is 3.18. The number of rotatable bonds is 6. The van der Waals surface area contributed by atoms with E-state index in [1.165, 1.54) is 0 Å². The highest BCUT2D eigenvalue weighted by atomic mass is 35.5. The number of hydrogen-bond acceptors (Lipinski definition) is 4. The van der Waals surface area contributed by atoms with Crippen LogP contribution in [-0.2, 0) is 0 Å². The van der Waals surface area contributed by atoms with Gasteiger partial charge >= 0.3 is 0 Å². The highest BCUT2D eigenvalue weighted by Gasteiger charge is 2.29. The molecule has 0 atom stereocenters. The molecule has 1 aliphatic rings. The standard InChI is InChI=1S/C14H22ClN3O/c1-9(2)18(7-4-8-19)14-10(3)12(15)16-13(17-14)11-5-6-11/h9,11,19H,4-8H2,1-3H3. The third-order valence-electron chi connectivity index (χ3n) is 3.47. The third-order valence-corrected chi connectivity index (χ3v) is 3.84. The zero-order valence-electron chi connectivity index (χ0n) is 11.9. The van der Waals surface area contributed by atoms with Crippen molar-refractivity contribution in [2.75, 3.05) is 18.1 Å². The molecule has 1 fully saturated rings. The molecule has 1 saturated carbocycles. The summed E-state index contributed by atoms with van der Waals surface area (Å²) in [5.41, 5.74) is 0.928. The van der Waals surface area contributed by atoms with Crippen LogP contribution in [0, 0.1) is 6.92 Å². The second kappa shape index (κ2) is 6.06. The van der Waals surface area contributed by atoms with Crippen LogP contribution < -0.4 is 4.90 Å². The molecular weight excluding hydrogens is 262 g/mol. The van der Waals surface area contributed by atoms with Crippen LogP contribution in [0.5, 0.6) is 0 Å². The summed E-state index contributed by atoms with van der Waals surface area (Å²) in [6.07, 6.45) is 3.06. The fraction of sp³-hybridized carbons (Fsp3) is 0.714. The van der Waals surface area contributed by atoms with Crippen LogP contribution in [0.25, 0.3) is 0 Å². The Hall–Kier alpha value is -0.870. The maximum absolute atomic E-state index is 9.04. The Morgan fingerprint density at radius 3 is 2.58 bits per heavy atom. The highest BCUT2D eigenvalue weighted by Crippen LogP contribution is 2.40. The lowest BCUT2D eigenvalue weighted by atomic mass is 10.2. The van der Waals surface area contributed by atoms with Crippen LogP contribution >= 0.6 is 11.6 Å². The van der Waals surface area contributed by atoms with Gasteiger partial charge in [-0.25, -0.2) is 9.97 Å². The normalized spacial score (nSPS) is 15.1. The summed E-state index contributed by atoms with van der Waals surface area (Å²) in [5.74, 6) is 2.29. The van der Waals surface area contributed by atoms with Gasteiger partial charge in [-0.15, -0.1) is 0 Å². The van der Waals surface area contributed by atoms with E-state index in [2.05, 4.69) is 23.7 Å². The predicted octanol–water partition coefficient (Wildman–Crippen LogP) is 2.91. The summed E-state index contributed by atoms with van der Waals surface area (Å²) in [6, 6.07) is 0.322. The van der Waals surface area contributed by atoms with Gasteiger partial charge in [0.15, 0.2) is 0 Å². The highest BCUT2D eigenvalue weighted by molar-refractivity contribution is 6.30. The molecule has 0 amide bonds. The van der Waals surface area contributed by atoms with Gasteiger partial charge in [0.2, 0.25) is 0 Å². The van der Waals surface area contributed by atoms with E-state index in [4.69, 9.17) is 21.7 Å². The lowest BCUT2D eigenvalue weighted by molar-refractivity contribution is 0.288. The van der Waals surface area contributed by atoms with E-state index in [0.717, 1.165) is 43.0 Å². The molecule has 2 rings (SSSR count). The van der Waals surface area contributed by atoms with Gasteiger partial charge in [-0.1, -0.05) is 11.6 Å². The Kier molecular flexibility index (Phi) is 4.63. The van der Waals surface area contributed by atoms with Crippen molar-refractivity contribution >= 4 is 17.4 Å². The number of hydrogen-bond donors (Lipinski definition) is 1. The van der Waals surface area contributed by atoms with Gasteiger partial charge in [-0.05, 0) is 40.0 Å². The second-order valence-electron chi connectivity index (χ2n) is 5.46. The van der Waals surface area contributed by atoms with Crippen LogP contribution in [0.4, 0.5) is 5.82 Å². The number of aliphatic hydroxyl groups is 1. The minimum atomic E-state index is 0.191. The number of nitrogens with zero attached hydrogens (tertiary/aromatic N) is 3. The minimum Gasteiger partial charge on any atom is -0.396 e. The molecule has 106 valence electrons. The largest absolute Gasteiger partial charge is 0.396 e. The summed E-state index contributed by atoms with van der Waals surface area (Å²) < 4.78 is 0. The van der Waals surface area contributed by atoms with Crippen LogP contribution in [0.3, 0.4) is 0 Å². The molecule has 0 saturated heterocycles. The third kappa shape index (κ3) is 3.37. The molecule has 0 unspecified atom stereocenters. The molecule has 0 aromatic carbocycles. The first-order chi connectivity index (χ1) is 9.04. The summed E-state index contributed by atoms with van der Waals surface area (Å²) in [5, 5.41) is 9.59.